The first-order valence-electron chi connectivity index (χ1n) is 6.17. The Kier molecular flexibility index (Phi) is 4.36. The Labute approximate surface area is 96.4 Å². The Morgan fingerprint density at radius 3 is 3.19 bits per heavy atom. The van der Waals surface area contributed by atoms with Gasteiger partial charge in [0.2, 0.25) is 0 Å². The second-order valence-corrected chi connectivity index (χ2v) is 4.16. The fraction of sp³-hybridized carbons (Fsp3) is 0.750. The van der Waals surface area contributed by atoms with Crippen LogP contribution in [-0.4, -0.2) is 24.7 Å². The van der Waals surface area contributed by atoms with Crippen LogP contribution in [-0.2, 0) is 11.2 Å². The number of aromatic nitrogens is 1. The highest BCUT2D eigenvalue weighted by molar-refractivity contribution is 5.00. The van der Waals surface area contributed by atoms with Crippen molar-refractivity contribution in [2.45, 2.75) is 38.7 Å². The molecule has 1 unspecified atom stereocenters. The number of nitrogens with one attached hydrogen (secondary N) is 1. The van der Waals surface area contributed by atoms with Crippen LogP contribution in [0.1, 0.15) is 43.9 Å². The molecule has 2 heterocycles. The van der Waals surface area contributed by atoms with Gasteiger partial charge in [-0.3, -0.25) is 0 Å². The van der Waals surface area contributed by atoms with Crippen molar-refractivity contribution in [3.63, 3.8) is 0 Å². The first-order chi connectivity index (χ1) is 7.90. The summed E-state index contributed by atoms with van der Waals surface area (Å²) in [6.45, 7) is 4.99. The van der Waals surface area contributed by atoms with Crippen LogP contribution in [0.3, 0.4) is 0 Å². The van der Waals surface area contributed by atoms with E-state index >= 15 is 0 Å². The Bertz CT molecular complexity index is 306. The lowest BCUT2D eigenvalue weighted by Crippen LogP contribution is -2.17. The van der Waals surface area contributed by atoms with Crippen LogP contribution < -0.4 is 5.32 Å². The van der Waals surface area contributed by atoms with E-state index < -0.39 is 0 Å². The smallest absolute Gasteiger partial charge is 0.195 e. The summed E-state index contributed by atoms with van der Waals surface area (Å²) < 4.78 is 11.2. The largest absolute Gasteiger partial charge is 0.443 e. The summed E-state index contributed by atoms with van der Waals surface area (Å²) in [7, 11) is 0. The van der Waals surface area contributed by atoms with Crippen molar-refractivity contribution in [1.82, 2.24) is 10.3 Å². The molecule has 1 aliphatic heterocycles. The van der Waals surface area contributed by atoms with Gasteiger partial charge in [-0.2, -0.15) is 0 Å². The van der Waals surface area contributed by atoms with E-state index in [2.05, 4.69) is 17.2 Å². The highest BCUT2D eigenvalue weighted by atomic mass is 16.5. The summed E-state index contributed by atoms with van der Waals surface area (Å²) in [5, 5.41) is 3.33. The summed E-state index contributed by atoms with van der Waals surface area (Å²) >= 11 is 0. The molecule has 0 radical (unpaired) electrons. The Morgan fingerprint density at radius 2 is 2.44 bits per heavy atom. The average Bonchev–Trinajstić information content (AvgIpc) is 2.94. The van der Waals surface area contributed by atoms with Crippen LogP contribution in [0, 0.1) is 0 Å². The second kappa shape index (κ2) is 6.01. The highest BCUT2D eigenvalue weighted by Gasteiger charge is 2.21. The van der Waals surface area contributed by atoms with Gasteiger partial charge in [-0.1, -0.05) is 6.92 Å². The Balaban J connectivity index is 1.77. The maximum absolute atomic E-state index is 5.67. The zero-order valence-corrected chi connectivity index (χ0v) is 9.87. The molecule has 0 saturated carbocycles. The third-order valence-electron chi connectivity index (χ3n) is 2.76. The fourth-order valence-electron chi connectivity index (χ4n) is 1.89. The van der Waals surface area contributed by atoms with Crippen molar-refractivity contribution in [2.75, 3.05) is 19.7 Å². The fourth-order valence-corrected chi connectivity index (χ4v) is 1.89. The Morgan fingerprint density at radius 1 is 1.50 bits per heavy atom. The van der Waals surface area contributed by atoms with Gasteiger partial charge in [0, 0.05) is 19.6 Å². The minimum absolute atomic E-state index is 0.143. The van der Waals surface area contributed by atoms with E-state index in [1.807, 2.05) is 6.20 Å². The maximum atomic E-state index is 5.67. The normalized spacial score (nSPS) is 20.4. The third-order valence-corrected chi connectivity index (χ3v) is 2.76. The number of oxazole rings is 1. The van der Waals surface area contributed by atoms with Crippen LogP contribution >= 0.6 is 0 Å². The number of rotatable bonds is 6. The molecule has 4 nitrogen and oxygen atoms in total. The van der Waals surface area contributed by atoms with Gasteiger partial charge in [0.15, 0.2) is 11.7 Å². The van der Waals surface area contributed by atoms with Crippen molar-refractivity contribution in [3.8, 4) is 0 Å². The van der Waals surface area contributed by atoms with E-state index in [1.165, 1.54) is 0 Å². The molecule has 0 spiro atoms. The molecule has 1 aliphatic rings. The Hall–Kier alpha value is -0.870. The topological polar surface area (TPSA) is 47.3 Å². The van der Waals surface area contributed by atoms with Crippen LogP contribution in [0.25, 0.3) is 0 Å². The van der Waals surface area contributed by atoms with E-state index in [0.29, 0.717) is 0 Å². The molecule has 0 bridgehead atoms. The highest BCUT2D eigenvalue weighted by Crippen LogP contribution is 2.28. The molecular weight excluding hydrogens is 204 g/mol. The predicted molar refractivity (Wildman–Crippen MR) is 61.3 cm³/mol. The molecule has 4 heteroatoms. The molecule has 1 saturated heterocycles. The standard InChI is InChI=1S/C12H20N2O2/c1-2-6-13-7-5-12-14-9-11(16-12)10-4-3-8-15-10/h9-10,13H,2-8H2,1H3. The quantitative estimate of drug-likeness (QED) is 0.751. The summed E-state index contributed by atoms with van der Waals surface area (Å²) in [5.74, 6) is 1.71. The zero-order chi connectivity index (χ0) is 11.2. The monoisotopic (exact) mass is 224 g/mol. The van der Waals surface area contributed by atoms with Crippen molar-refractivity contribution in [1.29, 1.82) is 0 Å². The maximum Gasteiger partial charge on any atom is 0.195 e. The molecular formula is C12H20N2O2. The van der Waals surface area contributed by atoms with Gasteiger partial charge in [-0.25, -0.2) is 4.98 Å². The zero-order valence-electron chi connectivity index (χ0n) is 9.87. The molecule has 16 heavy (non-hydrogen) atoms. The first kappa shape index (κ1) is 11.6. The minimum Gasteiger partial charge on any atom is -0.443 e. The lowest BCUT2D eigenvalue weighted by molar-refractivity contribution is 0.0925. The summed E-state index contributed by atoms with van der Waals surface area (Å²) in [5.41, 5.74) is 0. The van der Waals surface area contributed by atoms with Gasteiger partial charge in [0.25, 0.3) is 0 Å². The number of hydrogen-bond donors (Lipinski definition) is 1. The summed E-state index contributed by atoms with van der Waals surface area (Å²) in [6, 6.07) is 0. The molecule has 2 rings (SSSR count). The summed E-state index contributed by atoms with van der Waals surface area (Å²) in [4.78, 5) is 4.27. The van der Waals surface area contributed by atoms with Gasteiger partial charge in [-0.15, -0.1) is 0 Å². The molecule has 90 valence electrons. The van der Waals surface area contributed by atoms with E-state index in [0.717, 1.165) is 57.0 Å². The third kappa shape index (κ3) is 3.06. The molecule has 1 N–H and O–H groups in total. The van der Waals surface area contributed by atoms with E-state index in [-0.39, 0.29) is 6.10 Å². The van der Waals surface area contributed by atoms with Crippen molar-refractivity contribution in [2.24, 2.45) is 0 Å². The molecule has 1 aromatic rings. The number of hydrogen-bond acceptors (Lipinski definition) is 4. The first-order valence-corrected chi connectivity index (χ1v) is 6.17. The van der Waals surface area contributed by atoms with Crippen LogP contribution in [0.5, 0.6) is 0 Å². The molecule has 1 fully saturated rings. The van der Waals surface area contributed by atoms with Gasteiger partial charge < -0.3 is 14.5 Å². The van der Waals surface area contributed by atoms with Crippen molar-refractivity contribution >= 4 is 0 Å². The van der Waals surface area contributed by atoms with Crippen molar-refractivity contribution < 1.29 is 9.15 Å². The molecule has 1 atom stereocenters. The molecule has 0 aromatic carbocycles. The SMILES string of the molecule is CCCNCCc1ncc(C2CCCO2)o1. The predicted octanol–water partition coefficient (Wildman–Crippen LogP) is 2.07. The van der Waals surface area contributed by atoms with E-state index in [4.69, 9.17) is 9.15 Å². The van der Waals surface area contributed by atoms with Gasteiger partial charge in [0.05, 0.1) is 6.20 Å². The van der Waals surface area contributed by atoms with Crippen LogP contribution in [0.15, 0.2) is 10.6 Å². The number of nitrogens with zero attached hydrogens (tertiary/aromatic N) is 1. The lowest BCUT2D eigenvalue weighted by Gasteiger charge is -2.03. The second-order valence-electron chi connectivity index (χ2n) is 4.16. The molecule has 0 aliphatic carbocycles. The van der Waals surface area contributed by atoms with E-state index in [9.17, 15) is 0 Å². The van der Waals surface area contributed by atoms with Gasteiger partial charge in [0.1, 0.15) is 6.10 Å². The lowest BCUT2D eigenvalue weighted by atomic mass is 10.2. The van der Waals surface area contributed by atoms with E-state index in [1.54, 1.807) is 0 Å². The van der Waals surface area contributed by atoms with Crippen LogP contribution in [0.2, 0.25) is 0 Å². The van der Waals surface area contributed by atoms with Gasteiger partial charge in [-0.05, 0) is 25.8 Å². The van der Waals surface area contributed by atoms with Gasteiger partial charge >= 0.3 is 0 Å². The summed E-state index contributed by atoms with van der Waals surface area (Å²) in [6.07, 6.45) is 6.15. The molecule has 1 aromatic heterocycles. The average molecular weight is 224 g/mol. The number of ether oxygens (including phenoxy) is 1. The molecule has 0 amide bonds. The minimum atomic E-state index is 0.143. The van der Waals surface area contributed by atoms with Crippen LogP contribution in [0.4, 0.5) is 0 Å². The van der Waals surface area contributed by atoms with Crippen molar-refractivity contribution in [3.05, 3.63) is 17.8 Å².